The van der Waals surface area contributed by atoms with Crippen molar-refractivity contribution in [3.05, 3.63) is 83.9 Å². The van der Waals surface area contributed by atoms with Crippen LogP contribution in [0.1, 0.15) is 76.7 Å². The Labute approximate surface area is 279 Å². The molecule has 8 heteroatoms. The van der Waals surface area contributed by atoms with Crippen molar-refractivity contribution in [2.24, 2.45) is 0 Å². The molecule has 4 amide bonds. The molecule has 0 aromatic heterocycles. The van der Waals surface area contributed by atoms with Crippen LogP contribution >= 0.6 is 0 Å². The summed E-state index contributed by atoms with van der Waals surface area (Å²) in [4.78, 5) is 38.5. The predicted molar refractivity (Wildman–Crippen MR) is 186 cm³/mol. The fourth-order valence-electron chi connectivity index (χ4n) is 5.30. The van der Waals surface area contributed by atoms with E-state index in [2.05, 4.69) is 31.2 Å². The van der Waals surface area contributed by atoms with Crippen LogP contribution in [-0.4, -0.2) is 61.6 Å². The lowest BCUT2D eigenvalue weighted by atomic mass is 10.1. The molecule has 0 unspecified atom stereocenters. The Balaban J connectivity index is 1.04. The molecule has 8 nitrogen and oxygen atoms in total. The molecule has 0 saturated carbocycles. The number of carbonyl (C=O) groups excluding carboxylic acids is 3. The Morgan fingerprint density at radius 2 is 0.872 bits per heavy atom. The molecular formula is C39H48N2O6. The standard InChI is InChI=1S/C39H48N2O6/c1-4-5-6-11-26-46-34-22-16-31(17-23-34)32-18-24-35(25-19-32)47-28-13-10-8-7-9-12-27-45-33-20-14-30(15-21-33)29-36-37(42)40(2)39(44)41(3)38(36)43/h14-25,29H,4-13,26-28H2,1-3H3. The van der Waals surface area contributed by atoms with Gasteiger partial charge in [-0.05, 0) is 78.4 Å². The van der Waals surface area contributed by atoms with Crippen LogP contribution in [0.3, 0.4) is 0 Å². The highest BCUT2D eigenvalue weighted by Gasteiger charge is 2.37. The summed E-state index contributed by atoms with van der Waals surface area (Å²) >= 11 is 0. The summed E-state index contributed by atoms with van der Waals surface area (Å²) in [7, 11) is 2.72. The molecule has 0 bridgehead atoms. The second-order valence-corrected chi connectivity index (χ2v) is 11.9. The first-order chi connectivity index (χ1) is 22.9. The molecule has 0 N–H and O–H groups in total. The molecule has 1 aliphatic heterocycles. The van der Waals surface area contributed by atoms with Crippen LogP contribution in [0.25, 0.3) is 17.2 Å². The first-order valence-electron chi connectivity index (χ1n) is 16.9. The Hall–Kier alpha value is -4.59. The summed E-state index contributed by atoms with van der Waals surface area (Å²) < 4.78 is 17.7. The van der Waals surface area contributed by atoms with E-state index >= 15 is 0 Å². The zero-order valence-corrected chi connectivity index (χ0v) is 28.0. The van der Waals surface area contributed by atoms with E-state index in [1.807, 2.05) is 36.4 Å². The third-order valence-corrected chi connectivity index (χ3v) is 8.22. The number of nitrogens with zero attached hydrogens (tertiary/aromatic N) is 2. The second kappa shape index (κ2) is 18.5. The van der Waals surface area contributed by atoms with E-state index < -0.39 is 17.8 Å². The van der Waals surface area contributed by atoms with Crippen molar-refractivity contribution in [2.45, 2.75) is 71.1 Å². The molecule has 1 saturated heterocycles. The van der Waals surface area contributed by atoms with Crippen LogP contribution in [0, 0.1) is 0 Å². The van der Waals surface area contributed by atoms with E-state index in [0.29, 0.717) is 18.8 Å². The summed E-state index contributed by atoms with van der Waals surface area (Å²) in [5.74, 6) is 1.35. The molecule has 1 heterocycles. The Morgan fingerprint density at radius 3 is 1.28 bits per heavy atom. The number of urea groups is 1. The van der Waals surface area contributed by atoms with E-state index in [9.17, 15) is 14.4 Å². The maximum absolute atomic E-state index is 12.4. The number of benzene rings is 3. The number of unbranched alkanes of at least 4 members (excludes halogenated alkanes) is 8. The number of hydrogen-bond acceptors (Lipinski definition) is 6. The summed E-state index contributed by atoms with van der Waals surface area (Å²) in [5.41, 5.74) is 2.98. The number of rotatable bonds is 19. The van der Waals surface area contributed by atoms with E-state index in [4.69, 9.17) is 14.2 Å². The maximum atomic E-state index is 12.4. The molecular weight excluding hydrogens is 592 g/mol. The first kappa shape index (κ1) is 35.3. The van der Waals surface area contributed by atoms with Crippen LogP contribution in [0.2, 0.25) is 0 Å². The largest absolute Gasteiger partial charge is 0.494 e. The Kier molecular flexibility index (Phi) is 13.9. The number of ether oxygens (including phenoxy) is 3. The highest BCUT2D eigenvalue weighted by Crippen LogP contribution is 2.25. The minimum Gasteiger partial charge on any atom is -0.494 e. The third-order valence-electron chi connectivity index (χ3n) is 8.22. The first-order valence-corrected chi connectivity index (χ1v) is 16.9. The summed E-state index contributed by atoms with van der Waals surface area (Å²) in [5, 5.41) is 0. The van der Waals surface area contributed by atoms with Gasteiger partial charge in [0.1, 0.15) is 22.8 Å². The van der Waals surface area contributed by atoms with Crippen molar-refractivity contribution in [3.8, 4) is 28.4 Å². The fraction of sp³-hybridized carbons (Fsp3) is 0.410. The van der Waals surface area contributed by atoms with E-state index in [0.717, 1.165) is 84.2 Å². The van der Waals surface area contributed by atoms with Gasteiger partial charge in [-0.15, -0.1) is 0 Å². The smallest absolute Gasteiger partial charge is 0.333 e. The lowest BCUT2D eigenvalue weighted by Crippen LogP contribution is -2.52. The zero-order chi connectivity index (χ0) is 33.4. The molecule has 1 fully saturated rings. The number of likely N-dealkylation sites (N-methyl/N-ethyl adjacent to an activating group) is 2. The van der Waals surface area contributed by atoms with Crippen LogP contribution in [0.4, 0.5) is 4.79 Å². The van der Waals surface area contributed by atoms with Gasteiger partial charge in [-0.1, -0.05) is 88.3 Å². The Bertz CT molecular complexity index is 1440. The second-order valence-electron chi connectivity index (χ2n) is 11.9. The molecule has 0 radical (unpaired) electrons. The molecule has 3 aromatic carbocycles. The average molecular weight is 641 g/mol. The van der Waals surface area contributed by atoms with Crippen LogP contribution in [0.5, 0.6) is 17.2 Å². The molecule has 47 heavy (non-hydrogen) atoms. The van der Waals surface area contributed by atoms with Crippen molar-refractivity contribution in [2.75, 3.05) is 33.9 Å². The minimum atomic E-state index is -0.635. The van der Waals surface area contributed by atoms with Gasteiger partial charge >= 0.3 is 6.03 Å². The number of barbiturate groups is 1. The van der Waals surface area contributed by atoms with E-state index in [-0.39, 0.29) is 5.57 Å². The van der Waals surface area contributed by atoms with Crippen molar-refractivity contribution in [1.29, 1.82) is 0 Å². The van der Waals surface area contributed by atoms with E-state index in [1.54, 1.807) is 12.1 Å². The molecule has 250 valence electrons. The quantitative estimate of drug-likeness (QED) is 0.0742. The molecule has 0 atom stereocenters. The lowest BCUT2D eigenvalue weighted by molar-refractivity contribution is -0.134. The van der Waals surface area contributed by atoms with Crippen molar-refractivity contribution in [1.82, 2.24) is 9.80 Å². The molecule has 1 aliphatic rings. The minimum absolute atomic E-state index is 0.0411. The Morgan fingerprint density at radius 1 is 0.511 bits per heavy atom. The van der Waals surface area contributed by atoms with Crippen molar-refractivity contribution >= 4 is 23.9 Å². The monoisotopic (exact) mass is 640 g/mol. The third kappa shape index (κ3) is 10.7. The molecule has 4 rings (SSSR count). The normalized spacial score (nSPS) is 13.3. The van der Waals surface area contributed by atoms with E-state index in [1.165, 1.54) is 45.0 Å². The highest BCUT2D eigenvalue weighted by atomic mass is 16.5. The van der Waals surface area contributed by atoms with Gasteiger partial charge in [-0.25, -0.2) is 4.79 Å². The highest BCUT2D eigenvalue weighted by molar-refractivity contribution is 6.30. The predicted octanol–water partition coefficient (Wildman–Crippen LogP) is 8.54. The summed E-state index contributed by atoms with van der Waals surface area (Å²) in [6.07, 6.45) is 12.9. The number of amides is 4. The van der Waals surface area contributed by atoms with Gasteiger partial charge < -0.3 is 14.2 Å². The van der Waals surface area contributed by atoms with Gasteiger partial charge in [0.05, 0.1) is 19.8 Å². The van der Waals surface area contributed by atoms with Gasteiger partial charge in [-0.3, -0.25) is 19.4 Å². The van der Waals surface area contributed by atoms with Crippen LogP contribution in [0.15, 0.2) is 78.4 Å². The number of imide groups is 2. The van der Waals surface area contributed by atoms with Crippen LogP contribution in [-0.2, 0) is 9.59 Å². The fourth-order valence-corrected chi connectivity index (χ4v) is 5.30. The van der Waals surface area contributed by atoms with Crippen molar-refractivity contribution in [3.63, 3.8) is 0 Å². The average Bonchev–Trinajstić information content (AvgIpc) is 3.10. The van der Waals surface area contributed by atoms with Gasteiger partial charge in [0.2, 0.25) is 0 Å². The van der Waals surface area contributed by atoms with Crippen molar-refractivity contribution < 1.29 is 28.6 Å². The van der Waals surface area contributed by atoms with Gasteiger partial charge in [0, 0.05) is 14.1 Å². The zero-order valence-electron chi connectivity index (χ0n) is 28.0. The lowest BCUT2D eigenvalue weighted by Gasteiger charge is -2.28. The number of hydrogen-bond donors (Lipinski definition) is 0. The molecule has 0 aliphatic carbocycles. The van der Waals surface area contributed by atoms with Crippen LogP contribution < -0.4 is 14.2 Å². The summed E-state index contributed by atoms with van der Waals surface area (Å²) in [6.45, 7) is 4.34. The number of carbonyl (C=O) groups is 3. The summed E-state index contributed by atoms with van der Waals surface area (Å²) in [6, 6.07) is 23.2. The maximum Gasteiger partial charge on any atom is 0.333 e. The topological polar surface area (TPSA) is 85.4 Å². The molecule has 0 spiro atoms. The SMILES string of the molecule is CCCCCCOc1ccc(-c2ccc(OCCCCCCCCOc3ccc(C=C4C(=O)N(C)C(=O)N(C)C4=O)cc3)cc2)cc1. The van der Waals surface area contributed by atoms with Gasteiger partial charge in [-0.2, -0.15) is 0 Å². The molecule has 3 aromatic rings. The van der Waals surface area contributed by atoms with Gasteiger partial charge in [0.25, 0.3) is 11.8 Å². The van der Waals surface area contributed by atoms with Gasteiger partial charge in [0.15, 0.2) is 0 Å².